The summed E-state index contributed by atoms with van der Waals surface area (Å²) in [5.74, 6) is -0.277. The third-order valence-corrected chi connectivity index (χ3v) is 6.16. The molecule has 3 N–H and O–H groups in total. The van der Waals surface area contributed by atoms with E-state index in [1.807, 2.05) is 19.1 Å². The molecule has 2 aromatic carbocycles. The number of hydrogen-bond donors (Lipinski definition) is 3. The molecule has 1 aromatic heterocycles. The van der Waals surface area contributed by atoms with Gasteiger partial charge in [-0.1, -0.05) is 6.07 Å². The summed E-state index contributed by atoms with van der Waals surface area (Å²) in [6.07, 6.45) is 1.55. The van der Waals surface area contributed by atoms with Gasteiger partial charge in [0.15, 0.2) is 0 Å². The van der Waals surface area contributed by atoms with Crippen molar-refractivity contribution in [1.82, 2.24) is 10.3 Å². The number of nitrogens with one attached hydrogen (secondary N) is 3. The zero-order chi connectivity index (χ0) is 23.7. The van der Waals surface area contributed by atoms with Gasteiger partial charge in [0.2, 0.25) is 0 Å². The second-order valence-electron chi connectivity index (χ2n) is 8.30. The van der Waals surface area contributed by atoms with E-state index in [0.717, 1.165) is 31.9 Å². The number of anilines is 3. The molecular weight excluding hydrogens is 433 g/mol. The number of methoxy groups -OCH3 is 1. The standard InChI is InChI=1S/C26H26FN5O2/c1-16(30-17-6-8-18(9-7-17)32-12-10-28-11-13-32)24-19-14-21(29-15-22(19)31-26(24)33)25-20(27)4-3-5-23(25)34-2/h3-9,14-15,28,30H,10-13H2,1-2H3,(H,31,33). The molecular formula is C26H26FN5O2. The molecule has 0 atom stereocenters. The summed E-state index contributed by atoms with van der Waals surface area (Å²) in [7, 11) is 1.49. The average Bonchev–Trinajstić information content (AvgIpc) is 3.19. The van der Waals surface area contributed by atoms with Crippen molar-refractivity contribution >= 4 is 28.5 Å². The minimum atomic E-state index is -0.436. The van der Waals surface area contributed by atoms with Crippen molar-refractivity contribution in [2.45, 2.75) is 6.92 Å². The van der Waals surface area contributed by atoms with E-state index >= 15 is 0 Å². The van der Waals surface area contributed by atoms with Gasteiger partial charge in [0.1, 0.15) is 11.6 Å². The van der Waals surface area contributed by atoms with E-state index < -0.39 is 5.82 Å². The molecule has 5 rings (SSSR count). The Hall–Kier alpha value is -3.91. The maximum absolute atomic E-state index is 14.6. The van der Waals surface area contributed by atoms with Crippen molar-refractivity contribution in [2.75, 3.05) is 48.8 Å². The molecule has 0 saturated carbocycles. The summed E-state index contributed by atoms with van der Waals surface area (Å²) in [4.78, 5) is 19.5. The number of hydrogen-bond acceptors (Lipinski definition) is 6. The van der Waals surface area contributed by atoms with E-state index in [4.69, 9.17) is 4.74 Å². The highest BCUT2D eigenvalue weighted by Crippen LogP contribution is 2.38. The Labute approximate surface area is 197 Å². The van der Waals surface area contributed by atoms with E-state index in [-0.39, 0.29) is 11.5 Å². The topological polar surface area (TPSA) is 78.5 Å². The number of carbonyl (C=O) groups is 1. The first kappa shape index (κ1) is 21.9. The van der Waals surface area contributed by atoms with Gasteiger partial charge in [-0.05, 0) is 49.4 Å². The van der Waals surface area contributed by atoms with Gasteiger partial charge in [0.25, 0.3) is 5.91 Å². The molecule has 0 aliphatic carbocycles. The lowest BCUT2D eigenvalue weighted by atomic mass is 10.0. The van der Waals surface area contributed by atoms with Crippen LogP contribution in [0.1, 0.15) is 12.5 Å². The highest BCUT2D eigenvalue weighted by atomic mass is 19.1. The van der Waals surface area contributed by atoms with Gasteiger partial charge in [0, 0.05) is 48.8 Å². The Morgan fingerprint density at radius 2 is 1.91 bits per heavy atom. The van der Waals surface area contributed by atoms with Gasteiger partial charge >= 0.3 is 0 Å². The SMILES string of the molecule is COc1cccc(F)c1-c1cc2c(cn1)NC(=O)C2=C(C)Nc1ccc(N2CCNCC2)cc1. The molecule has 2 aliphatic heterocycles. The summed E-state index contributed by atoms with van der Waals surface area (Å²) >= 11 is 0. The highest BCUT2D eigenvalue weighted by molar-refractivity contribution is 6.32. The molecule has 0 unspecified atom stereocenters. The van der Waals surface area contributed by atoms with Crippen LogP contribution in [0.2, 0.25) is 0 Å². The van der Waals surface area contributed by atoms with Crippen LogP contribution < -0.4 is 25.6 Å². The van der Waals surface area contributed by atoms with Crippen LogP contribution in [0.25, 0.3) is 16.8 Å². The third-order valence-electron chi connectivity index (χ3n) is 6.16. The first-order chi connectivity index (χ1) is 16.5. The number of fused-ring (bicyclic) bond motifs is 1. The maximum atomic E-state index is 14.6. The number of nitrogens with zero attached hydrogens (tertiary/aromatic N) is 2. The van der Waals surface area contributed by atoms with Crippen LogP contribution in [0.15, 0.2) is 60.4 Å². The van der Waals surface area contributed by atoms with Gasteiger partial charge in [-0.15, -0.1) is 0 Å². The van der Waals surface area contributed by atoms with Crippen molar-refractivity contribution in [1.29, 1.82) is 0 Å². The van der Waals surface area contributed by atoms with Gasteiger partial charge in [-0.3, -0.25) is 9.78 Å². The monoisotopic (exact) mass is 459 g/mol. The summed E-state index contributed by atoms with van der Waals surface area (Å²) < 4.78 is 20.0. The van der Waals surface area contributed by atoms with E-state index in [1.54, 1.807) is 24.4 Å². The molecule has 3 aromatic rings. The van der Waals surface area contributed by atoms with E-state index in [2.05, 4.69) is 38.0 Å². The number of piperazine rings is 1. The van der Waals surface area contributed by atoms with Gasteiger partial charge in [0.05, 0.1) is 35.8 Å². The van der Waals surface area contributed by atoms with Crippen LogP contribution >= 0.6 is 0 Å². The lowest BCUT2D eigenvalue weighted by Crippen LogP contribution is -2.43. The van der Waals surface area contributed by atoms with Crippen molar-refractivity contribution < 1.29 is 13.9 Å². The Morgan fingerprint density at radius 1 is 1.15 bits per heavy atom. The number of ether oxygens (including phenoxy) is 1. The molecule has 174 valence electrons. The zero-order valence-electron chi connectivity index (χ0n) is 19.1. The van der Waals surface area contributed by atoms with Crippen LogP contribution in [-0.4, -0.2) is 44.2 Å². The Bertz CT molecular complexity index is 1270. The average molecular weight is 460 g/mol. The van der Waals surface area contributed by atoms with Crippen LogP contribution in [0.4, 0.5) is 21.5 Å². The highest BCUT2D eigenvalue weighted by Gasteiger charge is 2.28. The van der Waals surface area contributed by atoms with Crippen LogP contribution in [0, 0.1) is 5.82 Å². The van der Waals surface area contributed by atoms with Crippen molar-refractivity contribution in [3.63, 3.8) is 0 Å². The summed E-state index contributed by atoms with van der Waals surface area (Å²) in [6, 6.07) is 14.6. The number of allylic oxidation sites excluding steroid dienone is 1. The Morgan fingerprint density at radius 3 is 2.65 bits per heavy atom. The molecule has 0 radical (unpaired) electrons. The summed E-state index contributed by atoms with van der Waals surface area (Å²) in [5, 5.41) is 9.56. The zero-order valence-corrected chi connectivity index (χ0v) is 19.1. The van der Waals surface area contributed by atoms with Gasteiger partial charge in [-0.25, -0.2) is 4.39 Å². The smallest absolute Gasteiger partial charge is 0.258 e. The lowest BCUT2D eigenvalue weighted by Gasteiger charge is -2.29. The minimum absolute atomic E-state index is 0.225. The van der Waals surface area contributed by atoms with Gasteiger partial charge < -0.3 is 25.6 Å². The predicted octanol–water partition coefficient (Wildman–Crippen LogP) is 4.10. The first-order valence-electron chi connectivity index (χ1n) is 11.2. The fraction of sp³-hybridized carbons (Fsp3) is 0.231. The van der Waals surface area contributed by atoms with Crippen LogP contribution in [-0.2, 0) is 4.79 Å². The van der Waals surface area contributed by atoms with Crippen molar-refractivity contribution in [3.8, 4) is 17.0 Å². The second-order valence-corrected chi connectivity index (χ2v) is 8.30. The molecule has 1 amide bonds. The fourth-order valence-electron chi connectivity index (χ4n) is 4.46. The number of amides is 1. The maximum Gasteiger partial charge on any atom is 0.258 e. The third kappa shape index (κ3) is 4.08. The molecule has 3 heterocycles. The molecule has 7 nitrogen and oxygen atoms in total. The van der Waals surface area contributed by atoms with Crippen molar-refractivity contribution in [2.24, 2.45) is 0 Å². The van der Waals surface area contributed by atoms with Crippen molar-refractivity contribution in [3.05, 3.63) is 71.8 Å². The molecule has 34 heavy (non-hydrogen) atoms. The number of halogens is 1. The van der Waals surface area contributed by atoms with E-state index in [9.17, 15) is 9.18 Å². The second kappa shape index (κ2) is 9.15. The quantitative estimate of drug-likeness (QED) is 0.499. The van der Waals surface area contributed by atoms with E-state index in [0.29, 0.717) is 34.0 Å². The molecule has 0 spiro atoms. The fourth-order valence-corrected chi connectivity index (χ4v) is 4.46. The molecule has 8 heteroatoms. The van der Waals surface area contributed by atoms with Crippen LogP contribution in [0.5, 0.6) is 5.75 Å². The number of pyridine rings is 1. The minimum Gasteiger partial charge on any atom is -0.496 e. The predicted molar refractivity (Wildman–Crippen MR) is 133 cm³/mol. The number of carbonyl (C=O) groups excluding carboxylic acids is 1. The van der Waals surface area contributed by atoms with Gasteiger partial charge in [-0.2, -0.15) is 0 Å². The van der Waals surface area contributed by atoms with E-state index in [1.165, 1.54) is 18.9 Å². The largest absolute Gasteiger partial charge is 0.496 e. The Balaban J connectivity index is 1.45. The van der Waals surface area contributed by atoms with Crippen LogP contribution in [0.3, 0.4) is 0 Å². The molecule has 2 aliphatic rings. The number of rotatable bonds is 5. The summed E-state index contributed by atoms with van der Waals surface area (Å²) in [6.45, 7) is 5.79. The number of aromatic nitrogens is 1. The number of benzene rings is 2. The molecule has 1 fully saturated rings. The summed E-state index contributed by atoms with van der Waals surface area (Å²) in [5.41, 5.74) is 5.18. The Kier molecular flexibility index (Phi) is 5.90. The normalized spacial score (nSPS) is 16.7. The molecule has 1 saturated heterocycles. The lowest BCUT2D eigenvalue weighted by molar-refractivity contribution is -0.110. The molecule has 0 bridgehead atoms. The first-order valence-corrected chi connectivity index (χ1v) is 11.2.